The number of hydrogen-bond donors (Lipinski definition) is 1. The molecule has 15 heavy (non-hydrogen) atoms. The Bertz CT molecular complexity index is 309. The van der Waals surface area contributed by atoms with Gasteiger partial charge in [-0.25, -0.2) is 0 Å². The third-order valence-electron chi connectivity index (χ3n) is 2.32. The fourth-order valence-electron chi connectivity index (χ4n) is 1.31. The lowest BCUT2D eigenvalue weighted by molar-refractivity contribution is 0.369. The van der Waals surface area contributed by atoms with Crippen molar-refractivity contribution in [2.24, 2.45) is 4.99 Å². The first kappa shape index (κ1) is 11.7. The summed E-state index contributed by atoms with van der Waals surface area (Å²) < 4.78 is 0. The molecule has 3 nitrogen and oxygen atoms in total. The molecular weight excluding hydrogens is 186 g/mol. The SMILES string of the molecule is C=NCCN(C)CNc1ccccc1C. The minimum atomic E-state index is 0.784. The lowest BCUT2D eigenvalue weighted by atomic mass is 10.2. The lowest BCUT2D eigenvalue weighted by Gasteiger charge is -2.17. The van der Waals surface area contributed by atoms with Gasteiger partial charge in [-0.2, -0.15) is 0 Å². The highest BCUT2D eigenvalue weighted by atomic mass is 15.2. The van der Waals surface area contributed by atoms with Gasteiger partial charge < -0.3 is 5.32 Å². The number of nitrogens with one attached hydrogen (secondary N) is 1. The second kappa shape index (κ2) is 6.19. The maximum absolute atomic E-state index is 3.83. The van der Waals surface area contributed by atoms with Gasteiger partial charge in [0.1, 0.15) is 0 Å². The van der Waals surface area contributed by atoms with E-state index in [2.05, 4.69) is 48.0 Å². The molecule has 0 aromatic heterocycles. The van der Waals surface area contributed by atoms with Crippen LogP contribution in [0.4, 0.5) is 5.69 Å². The zero-order valence-electron chi connectivity index (χ0n) is 9.53. The normalized spacial score (nSPS) is 10.3. The fraction of sp³-hybridized carbons (Fsp3) is 0.417. The molecule has 0 aliphatic rings. The van der Waals surface area contributed by atoms with E-state index in [9.17, 15) is 0 Å². The van der Waals surface area contributed by atoms with Gasteiger partial charge in [0, 0.05) is 12.2 Å². The largest absolute Gasteiger partial charge is 0.372 e. The van der Waals surface area contributed by atoms with Crippen molar-refractivity contribution in [2.45, 2.75) is 6.92 Å². The summed E-state index contributed by atoms with van der Waals surface area (Å²) >= 11 is 0. The molecule has 0 aliphatic heterocycles. The molecule has 1 aromatic rings. The summed E-state index contributed by atoms with van der Waals surface area (Å²) in [6.45, 7) is 8.12. The quantitative estimate of drug-likeness (QED) is 0.568. The summed E-state index contributed by atoms with van der Waals surface area (Å²) in [5.74, 6) is 0. The molecule has 0 spiro atoms. The van der Waals surface area contributed by atoms with E-state index in [1.54, 1.807) is 0 Å². The zero-order chi connectivity index (χ0) is 11.1. The first-order valence-electron chi connectivity index (χ1n) is 5.14. The van der Waals surface area contributed by atoms with Crippen molar-refractivity contribution >= 4 is 12.4 Å². The van der Waals surface area contributed by atoms with Crippen molar-refractivity contribution in [1.82, 2.24) is 4.90 Å². The lowest BCUT2D eigenvalue weighted by Crippen LogP contribution is -2.27. The van der Waals surface area contributed by atoms with E-state index in [-0.39, 0.29) is 0 Å². The molecule has 1 N–H and O–H groups in total. The standard InChI is InChI=1S/C12H19N3/c1-11-6-4-5-7-12(11)14-10-15(3)9-8-13-2/h4-7,14H,2,8-10H2,1,3H3. The summed E-state index contributed by atoms with van der Waals surface area (Å²) in [6.07, 6.45) is 0. The summed E-state index contributed by atoms with van der Waals surface area (Å²) in [5.41, 5.74) is 2.46. The third kappa shape index (κ3) is 4.13. The average molecular weight is 205 g/mol. The minimum absolute atomic E-state index is 0.784. The van der Waals surface area contributed by atoms with Crippen molar-refractivity contribution in [2.75, 3.05) is 32.1 Å². The van der Waals surface area contributed by atoms with Gasteiger partial charge in [0.25, 0.3) is 0 Å². The van der Waals surface area contributed by atoms with Gasteiger partial charge in [0.15, 0.2) is 0 Å². The Morgan fingerprint density at radius 1 is 1.40 bits per heavy atom. The first-order valence-corrected chi connectivity index (χ1v) is 5.14. The highest BCUT2D eigenvalue weighted by molar-refractivity contribution is 5.49. The number of hydrogen-bond acceptors (Lipinski definition) is 3. The molecule has 1 aromatic carbocycles. The number of nitrogens with zero attached hydrogens (tertiary/aromatic N) is 2. The maximum atomic E-state index is 3.83. The predicted molar refractivity (Wildman–Crippen MR) is 66.7 cm³/mol. The number of benzene rings is 1. The number of para-hydroxylation sites is 1. The van der Waals surface area contributed by atoms with Crippen LogP contribution in [0.5, 0.6) is 0 Å². The second-order valence-corrected chi connectivity index (χ2v) is 3.68. The molecule has 82 valence electrons. The fourth-order valence-corrected chi connectivity index (χ4v) is 1.31. The summed E-state index contributed by atoms with van der Waals surface area (Å²) in [4.78, 5) is 6.01. The van der Waals surface area contributed by atoms with E-state index in [1.807, 2.05) is 12.1 Å². The minimum Gasteiger partial charge on any atom is -0.372 e. The molecule has 0 saturated heterocycles. The molecule has 0 heterocycles. The Morgan fingerprint density at radius 3 is 2.80 bits per heavy atom. The average Bonchev–Trinajstić information content (AvgIpc) is 2.25. The Morgan fingerprint density at radius 2 is 2.13 bits per heavy atom. The van der Waals surface area contributed by atoms with Gasteiger partial charge >= 0.3 is 0 Å². The van der Waals surface area contributed by atoms with Crippen molar-refractivity contribution in [3.05, 3.63) is 29.8 Å². The van der Waals surface area contributed by atoms with Crippen molar-refractivity contribution in [3.63, 3.8) is 0 Å². The van der Waals surface area contributed by atoms with Crippen LogP contribution >= 0.6 is 0 Å². The number of anilines is 1. The van der Waals surface area contributed by atoms with Crippen LogP contribution in [0.15, 0.2) is 29.3 Å². The molecule has 0 fully saturated rings. The van der Waals surface area contributed by atoms with E-state index >= 15 is 0 Å². The number of aryl methyl sites for hydroxylation is 1. The zero-order valence-corrected chi connectivity index (χ0v) is 9.53. The van der Waals surface area contributed by atoms with Crippen molar-refractivity contribution in [1.29, 1.82) is 0 Å². The van der Waals surface area contributed by atoms with Crippen LogP contribution in [0.3, 0.4) is 0 Å². The number of rotatable bonds is 6. The van der Waals surface area contributed by atoms with Crippen LogP contribution in [0, 0.1) is 6.92 Å². The molecule has 3 heteroatoms. The molecular formula is C12H19N3. The van der Waals surface area contributed by atoms with Crippen LogP contribution < -0.4 is 5.32 Å². The first-order chi connectivity index (χ1) is 7.24. The van der Waals surface area contributed by atoms with Gasteiger partial charge in [-0.3, -0.25) is 9.89 Å². The molecule has 0 amide bonds. The van der Waals surface area contributed by atoms with E-state index in [1.165, 1.54) is 11.3 Å². The molecule has 0 atom stereocenters. The number of likely N-dealkylation sites (N-methyl/N-ethyl adjacent to an activating group) is 1. The molecule has 1 rings (SSSR count). The predicted octanol–water partition coefficient (Wildman–Crippen LogP) is 2.00. The number of aliphatic imine (C=N–C) groups is 1. The maximum Gasteiger partial charge on any atom is 0.0676 e. The topological polar surface area (TPSA) is 27.6 Å². The monoisotopic (exact) mass is 205 g/mol. The van der Waals surface area contributed by atoms with Crippen molar-refractivity contribution < 1.29 is 0 Å². The third-order valence-corrected chi connectivity index (χ3v) is 2.32. The van der Waals surface area contributed by atoms with Gasteiger partial charge in [0.05, 0.1) is 13.2 Å². The molecule has 0 unspecified atom stereocenters. The van der Waals surface area contributed by atoms with E-state index < -0.39 is 0 Å². The van der Waals surface area contributed by atoms with Crippen LogP contribution in [-0.2, 0) is 0 Å². The van der Waals surface area contributed by atoms with Gasteiger partial charge in [-0.15, -0.1) is 0 Å². The summed E-state index contributed by atoms with van der Waals surface area (Å²) in [5, 5.41) is 3.39. The molecule has 0 saturated carbocycles. The smallest absolute Gasteiger partial charge is 0.0676 e. The van der Waals surface area contributed by atoms with Crippen LogP contribution in [-0.4, -0.2) is 38.4 Å². The summed E-state index contributed by atoms with van der Waals surface area (Å²) in [7, 11) is 2.07. The van der Waals surface area contributed by atoms with E-state index in [0.29, 0.717) is 0 Å². The Kier molecular flexibility index (Phi) is 4.84. The van der Waals surface area contributed by atoms with Crippen LogP contribution in [0.2, 0.25) is 0 Å². The van der Waals surface area contributed by atoms with Gasteiger partial charge in [-0.1, -0.05) is 18.2 Å². The summed E-state index contributed by atoms with van der Waals surface area (Å²) in [6, 6.07) is 8.29. The van der Waals surface area contributed by atoms with Crippen LogP contribution in [0.1, 0.15) is 5.56 Å². The van der Waals surface area contributed by atoms with E-state index in [4.69, 9.17) is 0 Å². The molecule has 0 aliphatic carbocycles. The van der Waals surface area contributed by atoms with Crippen LogP contribution in [0.25, 0.3) is 0 Å². The highest BCUT2D eigenvalue weighted by Crippen LogP contribution is 2.12. The molecule has 0 bridgehead atoms. The van der Waals surface area contributed by atoms with Gasteiger partial charge in [0.2, 0.25) is 0 Å². The molecule has 0 radical (unpaired) electrons. The van der Waals surface area contributed by atoms with Gasteiger partial charge in [-0.05, 0) is 32.3 Å². The Hall–Kier alpha value is -1.35. The Balaban J connectivity index is 2.36. The van der Waals surface area contributed by atoms with E-state index in [0.717, 1.165) is 19.8 Å². The Labute approximate surface area is 91.8 Å². The highest BCUT2D eigenvalue weighted by Gasteiger charge is 1.98. The second-order valence-electron chi connectivity index (χ2n) is 3.68. The van der Waals surface area contributed by atoms with Crippen molar-refractivity contribution in [3.8, 4) is 0 Å².